The van der Waals surface area contributed by atoms with E-state index in [2.05, 4.69) is 25.8 Å². The zero-order valence-corrected chi connectivity index (χ0v) is 14.2. The molecular formula is C17H26N2OS. The molecule has 1 saturated carbocycles. The lowest BCUT2D eigenvalue weighted by Crippen LogP contribution is -2.39. The molecule has 116 valence electrons. The number of H-pyrrole nitrogens is 1. The number of aromatic amines is 1. The second-order valence-corrected chi connectivity index (χ2v) is 7.68. The second kappa shape index (κ2) is 5.47. The molecule has 0 spiro atoms. The molecule has 0 amide bonds. The molecule has 0 saturated heterocycles. The Kier molecular flexibility index (Phi) is 3.95. The van der Waals surface area contributed by atoms with E-state index in [0.717, 1.165) is 42.8 Å². The predicted octanol–water partition coefficient (Wildman–Crippen LogP) is 4.46. The summed E-state index contributed by atoms with van der Waals surface area (Å²) >= 11 is 5.53. The molecule has 2 aliphatic carbocycles. The summed E-state index contributed by atoms with van der Waals surface area (Å²) in [4.78, 5) is 8.33. The van der Waals surface area contributed by atoms with Crippen LogP contribution in [0.25, 0.3) is 0 Å². The highest BCUT2D eigenvalue weighted by atomic mass is 32.1. The van der Waals surface area contributed by atoms with E-state index in [4.69, 9.17) is 21.9 Å². The van der Waals surface area contributed by atoms with Crippen molar-refractivity contribution >= 4 is 12.2 Å². The van der Waals surface area contributed by atoms with Crippen LogP contribution in [0.5, 0.6) is 0 Å². The van der Waals surface area contributed by atoms with Crippen LogP contribution in [0.4, 0.5) is 0 Å². The highest BCUT2D eigenvalue weighted by Gasteiger charge is 2.42. The summed E-state index contributed by atoms with van der Waals surface area (Å²) in [7, 11) is 0. The van der Waals surface area contributed by atoms with Gasteiger partial charge in [-0.25, -0.2) is 4.98 Å². The molecule has 1 N–H and O–H groups in total. The molecule has 0 atom stereocenters. The third-order valence-corrected chi connectivity index (χ3v) is 5.56. The van der Waals surface area contributed by atoms with Crippen LogP contribution < -0.4 is 0 Å². The molecule has 0 unspecified atom stereocenters. The van der Waals surface area contributed by atoms with E-state index in [0.29, 0.717) is 5.41 Å². The summed E-state index contributed by atoms with van der Waals surface area (Å²) in [6, 6.07) is 0. The normalized spacial score (nSPS) is 23.0. The maximum Gasteiger partial charge on any atom is 0.140 e. The zero-order valence-electron chi connectivity index (χ0n) is 13.4. The molecule has 0 radical (unpaired) electrons. The molecule has 0 bridgehead atoms. The van der Waals surface area contributed by atoms with Gasteiger partial charge in [0, 0.05) is 17.9 Å². The maximum atomic E-state index is 6.22. The standard InChI is InChI=1S/C17H26N2OS/c1-4-20-17(10-8-16(2,3)9-11-17)15-18-13-7-5-6-12(13)14(21)19-15/h4-11H2,1-3H3,(H,18,19,21). The summed E-state index contributed by atoms with van der Waals surface area (Å²) in [6.07, 6.45) is 7.78. The first kappa shape index (κ1) is 15.2. The topological polar surface area (TPSA) is 37.9 Å². The van der Waals surface area contributed by atoms with Gasteiger partial charge in [-0.05, 0) is 57.3 Å². The first-order valence-electron chi connectivity index (χ1n) is 8.22. The van der Waals surface area contributed by atoms with Crippen LogP contribution in [0.2, 0.25) is 0 Å². The fraction of sp³-hybridized carbons (Fsp3) is 0.765. The summed E-state index contributed by atoms with van der Waals surface area (Å²) in [6.45, 7) is 7.49. The fourth-order valence-electron chi connectivity index (χ4n) is 3.73. The van der Waals surface area contributed by atoms with Crippen molar-refractivity contribution < 1.29 is 4.74 Å². The average Bonchev–Trinajstić information content (AvgIpc) is 2.91. The molecule has 21 heavy (non-hydrogen) atoms. The van der Waals surface area contributed by atoms with Crippen molar-refractivity contribution in [3.63, 3.8) is 0 Å². The highest BCUT2D eigenvalue weighted by molar-refractivity contribution is 7.71. The lowest BCUT2D eigenvalue weighted by atomic mass is 9.70. The Morgan fingerprint density at radius 3 is 2.57 bits per heavy atom. The van der Waals surface area contributed by atoms with Crippen LogP contribution >= 0.6 is 12.2 Å². The monoisotopic (exact) mass is 306 g/mol. The van der Waals surface area contributed by atoms with Gasteiger partial charge in [0.25, 0.3) is 0 Å². The zero-order chi connectivity index (χ0) is 15.1. The quantitative estimate of drug-likeness (QED) is 0.838. The number of fused-ring (bicyclic) bond motifs is 1. The fourth-order valence-corrected chi connectivity index (χ4v) is 4.05. The van der Waals surface area contributed by atoms with Crippen molar-refractivity contribution in [1.82, 2.24) is 9.97 Å². The number of nitrogens with one attached hydrogen (secondary N) is 1. The number of aromatic nitrogens is 2. The minimum atomic E-state index is -0.255. The Morgan fingerprint density at radius 1 is 1.19 bits per heavy atom. The van der Waals surface area contributed by atoms with E-state index in [1.807, 2.05) is 0 Å². The summed E-state index contributed by atoms with van der Waals surface area (Å²) in [5.74, 6) is 0.977. The van der Waals surface area contributed by atoms with Crippen molar-refractivity contribution in [3.05, 3.63) is 21.7 Å². The van der Waals surface area contributed by atoms with E-state index in [-0.39, 0.29) is 5.60 Å². The van der Waals surface area contributed by atoms with Crippen molar-refractivity contribution in [1.29, 1.82) is 0 Å². The Balaban J connectivity index is 1.99. The van der Waals surface area contributed by atoms with Crippen molar-refractivity contribution in [2.75, 3.05) is 6.61 Å². The molecule has 0 aliphatic heterocycles. The molecule has 3 rings (SSSR count). The van der Waals surface area contributed by atoms with Gasteiger partial charge in [-0.1, -0.05) is 26.1 Å². The minimum Gasteiger partial charge on any atom is -0.367 e. The smallest absolute Gasteiger partial charge is 0.140 e. The van der Waals surface area contributed by atoms with Crippen LogP contribution in [0, 0.1) is 10.1 Å². The van der Waals surface area contributed by atoms with Crippen LogP contribution in [0.15, 0.2) is 0 Å². The van der Waals surface area contributed by atoms with Crippen LogP contribution in [-0.2, 0) is 23.2 Å². The molecule has 0 aromatic carbocycles. The van der Waals surface area contributed by atoms with E-state index in [1.54, 1.807) is 0 Å². The van der Waals surface area contributed by atoms with E-state index >= 15 is 0 Å². The van der Waals surface area contributed by atoms with Gasteiger partial charge in [-0.15, -0.1) is 0 Å². The average molecular weight is 306 g/mol. The Bertz CT molecular complexity index is 581. The number of hydrogen-bond acceptors (Lipinski definition) is 3. The predicted molar refractivity (Wildman–Crippen MR) is 87.0 cm³/mol. The maximum absolute atomic E-state index is 6.22. The SMILES string of the molecule is CCOC1(c2nc(=S)c3c([nH]2)CCC3)CCC(C)(C)CC1. The van der Waals surface area contributed by atoms with Crippen molar-refractivity contribution in [2.45, 2.75) is 71.3 Å². The molecular weight excluding hydrogens is 280 g/mol. The van der Waals surface area contributed by atoms with E-state index in [9.17, 15) is 0 Å². The first-order chi connectivity index (χ1) is 9.96. The van der Waals surface area contributed by atoms with Gasteiger partial charge in [-0.3, -0.25) is 0 Å². The van der Waals surface area contributed by atoms with Crippen LogP contribution in [0.3, 0.4) is 0 Å². The number of ether oxygens (including phenoxy) is 1. The third kappa shape index (κ3) is 2.80. The summed E-state index contributed by atoms with van der Waals surface area (Å²) in [5, 5.41) is 0. The molecule has 2 aliphatic rings. The molecule has 3 nitrogen and oxygen atoms in total. The van der Waals surface area contributed by atoms with E-state index < -0.39 is 0 Å². The van der Waals surface area contributed by atoms with Gasteiger partial charge in [-0.2, -0.15) is 0 Å². The minimum absolute atomic E-state index is 0.255. The third-order valence-electron chi connectivity index (χ3n) is 5.22. The lowest BCUT2D eigenvalue weighted by Gasteiger charge is -2.42. The largest absolute Gasteiger partial charge is 0.367 e. The first-order valence-corrected chi connectivity index (χ1v) is 8.63. The second-order valence-electron chi connectivity index (χ2n) is 7.29. The van der Waals surface area contributed by atoms with Crippen LogP contribution in [-0.4, -0.2) is 16.6 Å². The molecule has 1 fully saturated rings. The molecule has 1 aromatic rings. The summed E-state index contributed by atoms with van der Waals surface area (Å²) < 4.78 is 7.02. The van der Waals surface area contributed by atoms with Gasteiger partial charge in [0.15, 0.2) is 0 Å². The van der Waals surface area contributed by atoms with Gasteiger partial charge in [0.1, 0.15) is 16.1 Å². The molecule has 1 aromatic heterocycles. The van der Waals surface area contributed by atoms with Gasteiger partial charge in [0.05, 0.1) is 0 Å². The van der Waals surface area contributed by atoms with Crippen LogP contribution in [0.1, 0.15) is 70.0 Å². The van der Waals surface area contributed by atoms with Gasteiger partial charge >= 0.3 is 0 Å². The number of rotatable bonds is 3. The molecule has 4 heteroatoms. The Hall–Kier alpha value is -0.740. The molecule has 1 heterocycles. The number of aryl methyl sites for hydroxylation is 1. The number of nitrogens with zero attached hydrogens (tertiary/aromatic N) is 1. The Morgan fingerprint density at radius 2 is 1.90 bits per heavy atom. The van der Waals surface area contributed by atoms with Gasteiger partial charge < -0.3 is 9.72 Å². The highest BCUT2D eigenvalue weighted by Crippen LogP contribution is 2.46. The lowest BCUT2D eigenvalue weighted by molar-refractivity contribution is -0.0949. The summed E-state index contributed by atoms with van der Waals surface area (Å²) in [5.41, 5.74) is 2.72. The number of hydrogen-bond donors (Lipinski definition) is 1. The Labute approximate surface area is 132 Å². The van der Waals surface area contributed by atoms with Gasteiger partial charge in [0.2, 0.25) is 0 Å². The van der Waals surface area contributed by atoms with E-state index in [1.165, 1.54) is 30.5 Å². The van der Waals surface area contributed by atoms with Crippen molar-refractivity contribution in [3.8, 4) is 0 Å². The van der Waals surface area contributed by atoms with Crippen molar-refractivity contribution in [2.24, 2.45) is 5.41 Å².